The number of hydrogen-bond acceptors (Lipinski definition) is 5. The smallest absolute Gasteiger partial charge is 0.363 e. The molecule has 88 valence electrons. The van der Waals surface area contributed by atoms with Crippen molar-refractivity contribution in [2.24, 2.45) is 0 Å². The van der Waals surface area contributed by atoms with Gasteiger partial charge in [0.1, 0.15) is 0 Å². The molecule has 1 aromatic heterocycles. The summed E-state index contributed by atoms with van der Waals surface area (Å²) < 4.78 is 7.10. The molecule has 0 amide bonds. The molecule has 0 saturated heterocycles. The highest BCUT2D eigenvalue weighted by molar-refractivity contribution is 5.68. The highest BCUT2D eigenvalue weighted by atomic mass is 16.5. The molecule has 2 rings (SSSR count). The van der Waals surface area contributed by atoms with E-state index in [2.05, 4.69) is 15.2 Å². The molecule has 0 radical (unpaired) electrons. The lowest BCUT2D eigenvalue weighted by Crippen LogP contribution is -2.31. The van der Waals surface area contributed by atoms with Crippen molar-refractivity contribution in [2.45, 2.75) is 38.3 Å². The molecule has 1 aliphatic rings. The first-order chi connectivity index (χ1) is 7.72. The average Bonchev–Trinajstić information content (AvgIpc) is 2.55. The Morgan fingerprint density at radius 1 is 1.50 bits per heavy atom. The molecule has 0 aliphatic heterocycles. The minimum absolute atomic E-state index is 0.139. The van der Waals surface area contributed by atoms with Crippen LogP contribution >= 0.6 is 0 Å². The summed E-state index contributed by atoms with van der Waals surface area (Å²) in [5.74, 6) is -0.356. The van der Waals surface area contributed by atoms with Gasteiger partial charge < -0.3 is 4.74 Å². The quantitative estimate of drug-likeness (QED) is 0.660. The molecule has 1 fully saturated rings. The molecular formula is C9H14N4O3. The Kier molecular flexibility index (Phi) is 3.02. The first-order valence-electron chi connectivity index (χ1n) is 5.31. The fourth-order valence-electron chi connectivity index (χ4n) is 1.59. The Labute approximate surface area is 92.0 Å². The van der Waals surface area contributed by atoms with Crippen LogP contribution in [0, 0.1) is 0 Å². The number of nitrogens with zero attached hydrogens (tertiary/aromatic N) is 4. The fraction of sp³-hybridized carbons (Fsp3) is 0.778. The number of carbonyl (C=O) groups excluding carboxylic acids is 1. The van der Waals surface area contributed by atoms with Gasteiger partial charge in [-0.15, -0.1) is 0 Å². The molecule has 0 bridgehead atoms. The van der Waals surface area contributed by atoms with Crippen LogP contribution in [0.3, 0.4) is 0 Å². The van der Waals surface area contributed by atoms with Crippen molar-refractivity contribution >= 4 is 5.97 Å². The predicted octanol–water partition coefficient (Wildman–Crippen LogP) is -0.272. The van der Waals surface area contributed by atoms with Gasteiger partial charge in [0.15, 0.2) is 0 Å². The van der Waals surface area contributed by atoms with Crippen LogP contribution in [-0.4, -0.2) is 32.9 Å². The monoisotopic (exact) mass is 226 g/mol. The second-order valence-corrected chi connectivity index (χ2v) is 3.84. The van der Waals surface area contributed by atoms with E-state index < -0.39 is 0 Å². The summed E-state index contributed by atoms with van der Waals surface area (Å²) in [6.07, 6.45) is 3.23. The minimum atomic E-state index is -0.356. The molecule has 0 unspecified atom stereocenters. The molecule has 7 heteroatoms. The SMILES string of the molecule is COC(=O)CCn1nnn(C2CCC2)c1=O. The second-order valence-electron chi connectivity index (χ2n) is 3.84. The van der Waals surface area contributed by atoms with E-state index in [1.54, 1.807) is 0 Å². The van der Waals surface area contributed by atoms with E-state index >= 15 is 0 Å². The molecule has 16 heavy (non-hydrogen) atoms. The topological polar surface area (TPSA) is 79.0 Å². The summed E-state index contributed by atoms with van der Waals surface area (Å²) in [6, 6.07) is 0.194. The van der Waals surface area contributed by atoms with Gasteiger partial charge in [-0.25, -0.2) is 4.79 Å². The molecule has 1 heterocycles. The molecule has 0 aromatic carbocycles. The van der Waals surface area contributed by atoms with Gasteiger partial charge in [0.05, 0.1) is 26.1 Å². The maximum atomic E-state index is 11.8. The third kappa shape index (κ3) is 1.98. The third-order valence-corrected chi connectivity index (χ3v) is 2.84. The summed E-state index contributed by atoms with van der Waals surface area (Å²) in [5, 5.41) is 7.54. The van der Waals surface area contributed by atoms with Crippen LogP contribution in [0.5, 0.6) is 0 Å². The maximum absolute atomic E-state index is 11.8. The summed E-state index contributed by atoms with van der Waals surface area (Å²) in [4.78, 5) is 22.7. The number of ether oxygens (including phenoxy) is 1. The van der Waals surface area contributed by atoms with Crippen molar-refractivity contribution in [1.29, 1.82) is 0 Å². The number of esters is 1. The number of methoxy groups -OCH3 is 1. The maximum Gasteiger partial charge on any atom is 0.363 e. The van der Waals surface area contributed by atoms with Crippen LogP contribution in [0.2, 0.25) is 0 Å². The van der Waals surface area contributed by atoms with Gasteiger partial charge in [-0.05, 0) is 29.7 Å². The Balaban J connectivity index is 2.02. The normalized spacial score (nSPS) is 15.8. The fourth-order valence-corrected chi connectivity index (χ4v) is 1.59. The van der Waals surface area contributed by atoms with E-state index in [0.717, 1.165) is 19.3 Å². The van der Waals surface area contributed by atoms with Crippen LogP contribution < -0.4 is 5.69 Å². The summed E-state index contributed by atoms with van der Waals surface area (Å²) in [5.41, 5.74) is -0.242. The molecule has 1 aliphatic carbocycles. The van der Waals surface area contributed by atoms with Crippen LogP contribution in [0.25, 0.3) is 0 Å². The van der Waals surface area contributed by atoms with E-state index in [1.807, 2.05) is 0 Å². The molecule has 0 atom stereocenters. The van der Waals surface area contributed by atoms with Crippen LogP contribution in [-0.2, 0) is 16.1 Å². The standard InChI is InChI=1S/C9H14N4O3/c1-16-8(14)5-6-12-9(15)13(11-10-12)7-3-2-4-7/h7H,2-6H2,1H3. The van der Waals surface area contributed by atoms with Crippen LogP contribution in [0.4, 0.5) is 0 Å². The summed E-state index contributed by atoms with van der Waals surface area (Å²) >= 11 is 0. The highest BCUT2D eigenvalue weighted by Crippen LogP contribution is 2.28. The number of aromatic nitrogens is 4. The lowest BCUT2D eigenvalue weighted by Gasteiger charge is -2.23. The first kappa shape index (κ1) is 10.8. The predicted molar refractivity (Wildman–Crippen MR) is 53.8 cm³/mol. The van der Waals surface area contributed by atoms with Crippen molar-refractivity contribution in [3.05, 3.63) is 10.5 Å². The van der Waals surface area contributed by atoms with E-state index in [-0.39, 0.29) is 30.7 Å². The van der Waals surface area contributed by atoms with Crippen LogP contribution in [0.1, 0.15) is 31.7 Å². The third-order valence-electron chi connectivity index (χ3n) is 2.84. The Hall–Kier alpha value is -1.66. The second kappa shape index (κ2) is 4.46. The van der Waals surface area contributed by atoms with Gasteiger partial charge in [0.2, 0.25) is 0 Å². The molecule has 0 spiro atoms. The molecule has 7 nitrogen and oxygen atoms in total. The van der Waals surface area contributed by atoms with E-state index in [9.17, 15) is 9.59 Å². The van der Waals surface area contributed by atoms with Gasteiger partial charge in [0.25, 0.3) is 0 Å². The van der Waals surface area contributed by atoms with E-state index in [1.165, 1.54) is 16.5 Å². The van der Waals surface area contributed by atoms with Crippen molar-refractivity contribution in [1.82, 2.24) is 19.8 Å². The van der Waals surface area contributed by atoms with Crippen LogP contribution in [0.15, 0.2) is 4.79 Å². The number of hydrogen-bond donors (Lipinski definition) is 0. The Morgan fingerprint density at radius 2 is 2.25 bits per heavy atom. The number of aryl methyl sites for hydroxylation is 1. The molecule has 0 N–H and O–H groups in total. The lowest BCUT2D eigenvalue weighted by atomic mass is 9.93. The summed E-state index contributed by atoms with van der Waals surface area (Å²) in [7, 11) is 1.32. The van der Waals surface area contributed by atoms with Gasteiger partial charge >= 0.3 is 11.7 Å². The van der Waals surface area contributed by atoms with Gasteiger partial charge in [-0.3, -0.25) is 4.79 Å². The zero-order valence-electron chi connectivity index (χ0n) is 9.13. The van der Waals surface area contributed by atoms with Gasteiger partial charge in [-0.2, -0.15) is 9.36 Å². The highest BCUT2D eigenvalue weighted by Gasteiger charge is 2.23. The molecule has 1 saturated carbocycles. The van der Waals surface area contributed by atoms with E-state index in [0.29, 0.717) is 0 Å². The van der Waals surface area contributed by atoms with Crippen molar-refractivity contribution in [3.63, 3.8) is 0 Å². The first-order valence-corrected chi connectivity index (χ1v) is 5.31. The van der Waals surface area contributed by atoms with Gasteiger partial charge in [-0.1, -0.05) is 0 Å². The Morgan fingerprint density at radius 3 is 2.81 bits per heavy atom. The lowest BCUT2D eigenvalue weighted by molar-refractivity contribution is -0.140. The zero-order chi connectivity index (χ0) is 11.5. The minimum Gasteiger partial charge on any atom is -0.469 e. The Bertz CT molecular complexity index is 432. The largest absolute Gasteiger partial charge is 0.469 e. The number of carbonyl (C=O) groups is 1. The van der Waals surface area contributed by atoms with E-state index in [4.69, 9.17) is 0 Å². The molecular weight excluding hydrogens is 212 g/mol. The zero-order valence-corrected chi connectivity index (χ0v) is 9.13. The summed E-state index contributed by atoms with van der Waals surface area (Å²) in [6.45, 7) is 0.220. The number of tetrazole rings is 1. The number of rotatable bonds is 4. The van der Waals surface area contributed by atoms with Gasteiger partial charge in [0, 0.05) is 0 Å². The average molecular weight is 226 g/mol. The van der Waals surface area contributed by atoms with Crippen molar-refractivity contribution in [2.75, 3.05) is 7.11 Å². The van der Waals surface area contributed by atoms with Crippen molar-refractivity contribution in [3.8, 4) is 0 Å². The molecule has 1 aromatic rings. The van der Waals surface area contributed by atoms with Crippen molar-refractivity contribution < 1.29 is 9.53 Å².